The molecule has 3 aromatic rings. The lowest BCUT2D eigenvalue weighted by molar-refractivity contribution is -0.115. The van der Waals surface area contributed by atoms with Crippen LogP contribution in [0.1, 0.15) is 33.3 Å². The number of nitrogens with zero attached hydrogens (tertiary/aromatic N) is 4. The van der Waals surface area contributed by atoms with Crippen molar-refractivity contribution in [2.24, 2.45) is 7.05 Å². The molecule has 1 amide bonds. The molecule has 1 saturated heterocycles. The number of carbonyl (C=O) groups is 1. The Balaban J connectivity index is 1.37. The number of benzene rings is 2. The monoisotopic (exact) mass is 479 g/mol. The number of thioether (sulfide) groups is 1. The van der Waals surface area contributed by atoms with Crippen molar-refractivity contribution in [3.05, 3.63) is 54.1 Å². The number of anilines is 2. The van der Waals surface area contributed by atoms with Crippen molar-refractivity contribution in [2.75, 3.05) is 36.5 Å². The molecule has 1 aromatic heterocycles. The molecule has 180 valence electrons. The van der Waals surface area contributed by atoms with Crippen LogP contribution in [0.4, 0.5) is 11.4 Å². The van der Waals surface area contributed by atoms with Gasteiger partial charge in [0.15, 0.2) is 11.0 Å². The van der Waals surface area contributed by atoms with Gasteiger partial charge < -0.3 is 19.5 Å². The summed E-state index contributed by atoms with van der Waals surface area (Å²) in [5.41, 5.74) is 4.31. The van der Waals surface area contributed by atoms with Gasteiger partial charge in [-0.05, 0) is 42.2 Å². The Hall–Kier alpha value is -2.84. The lowest BCUT2D eigenvalue weighted by atomic mass is 9.87. The Bertz CT molecular complexity index is 1110. The van der Waals surface area contributed by atoms with Crippen LogP contribution in [0.2, 0.25) is 0 Å². The first-order chi connectivity index (χ1) is 16.2. The van der Waals surface area contributed by atoms with Gasteiger partial charge in [0, 0.05) is 37.1 Å². The number of hydrogen-bond donors (Lipinski definition) is 1. The Morgan fingerprint density at radius 2 is 1.68 bits per heavy atom. The molecule has 0 aliphatic carbocycles. The summed E-state index contributed by atoms with van der Waals surface area (Å²) in [5.74, 6) is 0.720. The lowest BCUT2D eigenvalue weighted by Gasteiger charge is -2.28. The van der Waals surface area contributed by atoms with Gasteiger partial charge in [0.05, 0.1) is 18.5 Å². The van der Waals surface area contributed by atoms with Crippen LogP contribution in [-0.2, 0) is 22.0 Å². The van der Waals surface area contributed by atoms with Gasteiger partial charge in [-0.2, -0.15) is 0 Å². The molecule has 34 heavy (non-hydrogen) atoms. The number of nitrogens with one attached hydrogen (secondary N) is 1. The van der Waals surface area contributed by atoms with E-state index in [-0.39, 0.29) is 16.6 Å². The van der Waals surface area contributed by atoms with E-state index < -0.39 is 0 Å². The van der Waals surface area contributed by atoms with Gasteiger partial charge >= 0.3 is 0 Å². The maximum absolute atomic E-state index is 12.8. The number of aromatic nitrogens is 3. The summed E-state index contributed by atoms with van der Waals surface area (Å²) in [7, 11) is 1.93. The average molecular weight is 480 g/mol. The van der Waals surface area contributed by atoms with Gasteiger partial charge in [-0.25, -0.2) is 0 Å². The topological polar surface area (TPSA) is 72.3 Å². The van der Waals surface area contributed by atoms with Crippen molar-refractivity contribution in [1.29, 1.82) is 0 Å². The van der Waals surface area contributed by atoms with E-state index in [1.807, 2.05) is 42.8 Å². The highest BCUT2D eigenvalue weighted by Crippen LogP contribution is 2.29. The summed E-state index contributed by atoms with van der Waals surface area (Å²) in [6, 6.07) is 16.4. The van der Waals surface area contributed by atoms with Gasteiger partial charge in [-0.15, -0.1) is 10.2 Å². The summed E-state index contributed by atoms with van der Waals surface area (Å²) in [6.07, 6.45) is 0. The van der Waals surface area contributed by atoms with Crippen molar-refractivity contribution in [3.8, 4) is 11.4 Å². The molecule has 2 aromatic carbocycles. The summed E-state index contributed by atoms with van der Waals surface area (Å²) in [4.78, 5) is 15.1. The first-order valence-electron chi connectivity index (χ1n) is 11.6. The predicted octanol–water partition coefficient (Wildman–Crippen LogP) is 4.74. The third-order valence-corrected chi connectivity index (χ3v) is 7.14. The number of carbonyl (C=O) groups excluding carboxylic acids is 1. The maximum atomic E-state index is 12.8. The zero-order valence-electron chi connectivity index (χ0n) is 20.5. The smallest absolute Gasteiger partial charge is 0.237 e. The molecule has 7 nitrogen and oxygen atoms in total. The maximum Gasteiger partial charge on any atom is 0.237 e. The molecule has 0 radical (unpaired) electrons. The normalized spacial score (nSPS) is 15.3. The van der Waals surface area contributed by atoms with E-state index >= 15 is 0 Å². The minimum absolute atomic E-state index is 0.0665. The second kappa shape index (κ2) is 10.2. The van der Waals surface area contributed by atoms with Crippen molar-refractivity contribution in [2.45, 2.75) is 43.5 Å². The molecule has 1 atom stereocenters. The van der Waals surface area contributed by atoms with Crippen LogP contribution in [0.3, 0.4) is 0 Å². The Morgan fingerprint density at radius 3 is 2.29 bits per heavy atom. The van der Waals surface area contributed by atoms with Crippen molar-refractivity contribution < 1.29 is 9.53 Å². The second-order valence-corrected chi connectivity index (χ2v) is 10.9. The Kier molecular flexibility index (Phi) is 7.28. The van der Waals surface area contributed by atoms with Gasteiger partial charge in [0.25, 0.3) is 0 Å². The molecule has 0 spiro atoms. The zero-order chi connectivity index (χ0) is 24.3. The average Bonchev–Trinajstić information content (AvgIpc) is 3.19. The number of amides is 1. The van der Waals surface area contributed by atoms with E-state index in [4.69, 9.17) is 4.74 Å². The summed E-state index contributed by atoms with van der Waals surface area (Å²) < 4.78 is 7.35. The van der Waals surface area contributed by atoms with Gasteiger partial charge in [0.2, 0.25) is 5.91 Å². The molecule has 0 saturated carbocycles. The van der Waals surface area contributed by atoms with Crippen molar-refractivity contribution >= 4 is 29.0 Å². The summed E-state index contributed by atoms with van der Waals surface area (Å²) >= 11 is 1.40. The second-order valence-electron chi connectivity index (χ2n) is 9.59. The van der Waals surface area contributed by atoms with Crippen LogP contribution in [0, 0.1) is 0 Å². The molecule has 1 fully saturated rings. The van der Waals surface area contributed by atoms with E-state index in [1.54, 1.807) is 0 Å². The Morgan fingerprint density at radius 1 is 1.03 bits per heavy atom. The van der Waals surface area contributed by atoms with E-state index in [2.05, 4.69) is 65.5 Å². The third kappa shape index (κ3) is 5.62. The molecule has 8 heteroatoms. The van der Waals surface area contributed by atoms with Crippen LogP contribution in [-0.4, -0.2) is 52.2 Å². The van der Waals surface area contributed by atoms with Crippen LogP contribution in [0.25, 0.3) is 11.4 Å². The van der Waals surface area contributed by atoms with E-state index in [0.717, 1.165) is 49.1 Å². The molecule has 2 heterocycles. The molecule has 4 rings (SSSR count). The first kappa shape index (κ1) is 24.3. The van der Waals surface area contributed by atoms with E-state index in [0.29, 0.717) is 5.16 Å². The van der Waals surface area contributed by atoms with E-state index in [9.17, 15) is 4.79 Å². The molecule has 1 unspecified atom stereocenters. The number of morpholine rings is 1. The third-order valence-electron chi connectivity index (χ3n) is 6.01. The SMILES string of the molecule is CC(Sc1nnc(-c2ccc(C(C)(C)C)cc2)n1C)C(=O)Nc1ccc(N2CCOCC2)cc1. The van der Waals surface area contributed by atoms with Gasteiger partial charge in [-0.3, -0.25) is 4.79 Å². The summed E-state index contributed by atoms with van der Waals surface area (Å²) in [5, 5.41) is 12.1. The highest BCUT2D eigenvalue weighted by atomic mass is 32.2. The highest BCUT2D eigenvalue weighted by Gasteiger charge is 2.20. The number of ether oxygens (including phenoxy) is 1. The minimum atomic E-state index is -0.321. The number of hydrogen-bond acceptors (Lipinski definition) is 6. The largest absolute Gasteiger partial charge is 0.378 e. The van der Waals surface area contributed by atoms with Gasteiger partial charge in [-0.1, -0.05) is 56.8 Å². The fraction of sp³-hybridized carbons (Fsp3) is 0.423. The minimum Gasteiger partial charge on any atom is -0.378 e. The quantitative estimate of drug-likeness (QED) is 0.515. The molecular weight excluding hydrogens is 446 g/mol. The van der Waals surface area contributed by atoms with Crippen LogP contribution in [0.15, 0.2) is 53.7 Å². The van der Waals surface area contributed by atoms with Crippen molar-refractivity contribution in [3.63, 3.8) is 0 Å². The molecule has 0 bridgehead atoms. The fourth-order valence-corrected chi connectivity index (χ4v) is 4.64. The standard InChI is InChI=1S/C26H33N5O2S/c1-18(24(32)27-21-10-12-22(13-11-21)31-14-16-33-17-15-31)34-25-29-28-23(30(25)5)19-6-8-20(9-7-19)26(2,3)4/h6-13,18H,14-17H2,1-5H3,(H,27,32). The van der Waals surface area contributed by atoms with Crippen molar-refractivity contribution in [1.82, 2.24) is 14.8 Å². The molecule has 1 aliphatic rings. The molecular formula is C26H33N5O2S. The highest BCUT2D eigenvalue weighted by molar-refractivity contribution is 8.00. The Labute approximate surface area is 205 Å². The zero-order valence-corrected chi connectivity index (χ0v) is 21.4. The molecule has 1 N–H and O–H groups in total. The summed E-state index contributed by atoms with van der Waals surface area (Å²) in [6.45, 7) is 11.8. The predicted molar refractivity (Wildman–Crippen MR) is 139 cm³/mol. The lowest BCUT2D eigenvalue weighted by Crippen LogP contribution is -2.36. The van der Waals surface area contributed by atoms with Crippen LogP contribution < -0.4 is 10.2 Å². The first-order valence-corrected chi connectivity index (χ1v) is 12.5. The number of rotatable bonds is 6. The van der Waals surface area contributed by atoms with Gasteiger partial charge in [0.1, 0.15) is 0 Å². The van der Waals surface area contributed by atoms with E-state index in [1.165, 1.54) is 17.3 Å². The molecule has 1 aliphatic heterocycles. The fourth-order valence-electron chi connectivity index (χ4n) is 3.82. The van der Waals surface area contributed by atoms with Crippen LogP contribution in [0.5, 0.6) is 0 Å². The van der Waals surface area contributed by atoms with Crippen LogP contribution >= 0.6 is 11.8 Å².